The molecule has 3 heterocycles. The predicted octanol–water partition coefficient (Wildman–Crippen LogP) is 1.66. The van der Waals surface area contributed by atoms with Gasteiger partial charge in [0.25, 0.3) is 11.5 Å². The van der Waals surface area contributed by atoms with E-state index in [1.807, 2.05) is 37.8 Å². The number of likely N-dealkylation sites (N-methyl/N-ethyl adjacent to an activating group) is 1. The lowest BCUT2D eigenvalue weighted by Gasteiger charge is -2.36. The fourth-order valence-corrected chi connectivity index (χ4v) is 3.57. The van der Waals surface area contributed by atoms with Crippen LogP contribution in [0.25, 0.3) is 11.7 Å². The fraction of sp³-hybridized carbons (Fsp3) is 0.429. The van der Waals surface area contributed by atoms with Crippen LogP contribution in [0.2, 0.25) is 0 Å². The quantitative estimate of drug-likeness (QED) is 0.624. The first-order valence-electron chi connectivity index (χ1n) is 9.68. The van der Waals surface area contributed by atoms with Crippen molar-refractivity contribution in [3.05, 3.63) is 45.4 Å². The first kappa shape index (κ1) is 20.6. The summed E-state index contributed by atoms with van der Waals surface area (Å²) in [5, 5.41) is 12.1. The number of hydrogen-bond acceptors (Lipinski definition) is 6. The number of rotatable bonds is 4. The number of fused-ring (bicyclic) bond motifs is 1. The molecule has 3 rings (SSSR count). The standard InChI is InChI=1S/C21H25N5O3/c1-5-23-20(27)16(10-22)9-17-19(25-11-14(3)29-15(4)12-25)24-18-13(2)7-6-8-26(18)21(17)28/h6-9,14-15H,5,11-12H2,1-4H3,(H,23,27)/b16-9+/t14-,15+. The molecule has 0 unspecified atom stereocenters. The van der Waals surface area contributed by atoms with E-state index in [2.05, 4.69) is 5.32 Å². The highest BCUT2D eigenvalue weighted by Crippen LogP contribution is 2.24. The number of hydrogen-bond donors (Lipinski definition) is 1. The summed E-state index contributed by atoms with van der Waals surface area (Å²) in [5.41, 5.74) is 1.18. The molecule has 1 saturated heterocycles. The molecule has 1 aliphatic heterocycles. The Morgan fingerprint density at radius 1 is 1.41 bits per heavy atom. The zero-order valence-electron chi connectivity index (χ0n) is 17.1. The van der Waals surface area contributed by atoms with Crippen LogP contribution in [0.3, 0.4) is 0 Å². The van der Waals surface area contributed by atoms with Gasteiger partial charge in [-0.25, -0.2) is 4.98 Å². The minimum atomic E-state index is -0.515. The van der Waals surface area contributed by atoms with Crippen molar-refractivity contribution in [2.45, 2.75) is 39.9 Å². The van der Waals surface area contributed by atoms with E-state index in [1.54, 1.807) is 19.2 Å². The number of aryl methyl sites for hydroxylation is 1. The first-order chi connectivity index (χ1) is 13.8. The van der Waals surface area contributed by atoms with E-state index in [9.17, 15) is 14.9 Å². The van der Waals surface area contributed by atoms with Gasteiger partial charge in [0.2, 0.25) is 0 Å². The third-order valence-electron chi connectivity index (χ3n) is 4.77. The van der Waals surface area contributed by atoms with Gasteiger partial charge in [-0.1, -0.05) is 6.07 Å². The van der Waals surface area contributed by atoms with E-state index >= 15 is 0 Å². The van der Waals surface area contributed by atoms with Crippen LogP contribution >= 0.6 is 0 Å². The number of anilines is 1. The molecule has 0 bridgehead atoms. The van der Waals surface area contributed by atoms with Gasteiger partial charge in [0.05, 0.1) is 17.8 Å². The van der Waals surface area contributed by atoms with Crippen LogP contribution in [0, 0.1) is 18.3 Å². The Kier molecular flexibility index (Phi) is 5.99. The maximum absolute atomic E-state index is 13.3. The zero-order chi connectivity index (χ0) is 21.1. The molecule has 0 radical (unpaired) electrons. The van der Waals surface area contributed by atoms with Gasteiger partial charge in [0, 0.05) is 25.8 Å². The van der Waals surface area contributed by atoms with Crippen LogP contribution in [0.4, 0.5) is 5.82 Å². The normalized spacial score (nSPS) is 19.8. The molecule has 8 nitrogen and oxygen atoms in total. The van der Waals surface area contributed by atoms with Gasteiger partial charge in [0.15, 0.2) is 0 Å². The fourth-order valence-electron chi connectivity index (χ4n) is 3.57. The number of amides is 1. The molecule has 152 valence electrons. The molecular weight excluding hydrogens is 370 g/mol. The van der Waals surface area contributed by atoms with Crippen molar-refractivity contribution in [2.24, 2.45) is 0 Å². The molecule has 0 saturated carbocycles. The second-order valence-electron chi connectivity index (χ2n) is 7.23. The zero-order valence-corrected chi connectivity index (χ0v) is 17.1. The van der Waals surface area contributed by atoms with Crippen LogP contribution in [-0.2, 0) is 9.53 Å². The number of nitrogens with zero attached hydrogens (tertiary/aromatic N) is 4. The van der Waals surface area contributed by atoms with Crippen LogP contribution in [0.5, 0.6) is 0 Å². The average Bonchev–Trinajstić information content (AvgIpc) is 2.67. The third kappa shape index (κ3) is 4.15. The largest absolute Gasteiger partial charge is 0.372 e. The minimum Gasteiger partial charge on any atom is -0.372 e. The molecule has 1 aliphatic rings. The maximum atomic E-state index is 13.3. The predicted molar refractivity (Wildman–Crippen MR) is 111 cm³/mol. The second-order valence-corrected chi connectivity index (χ2v) is 7.23. The Bertz CT molecular complexity index is 1060. The van der Waals surface area contributed by atoms with Crippen molar-refractivity contribution >= 4 is 23.4 Å². The van der Waals surface area contributed by atoms with Crippen molar-refractivity contribution in [2.75, 3.05) is 24.5 Å². The number of nitrogens with one attached hydrogen (secondary N) is 1. The van der Waals surface area contributed by atoms with Crippen LogP contribution in [0.1, 0.15) is 31.9 Å². The number of pyridine rings is 1. The van der Waals surface area contributed by atoms with Crippen LogP contribution in [0.15, 0.2) is 28.7 Å². The van der Waals surface area contributed by atoms with Gasteiger partial charge < -0.3 is 15.0 Å². The number of carbonyl (C=O) groups excluding carboxylic acids is 1. The van der Waals surface area contributed by atoms with Gasteiger partial charge in [-0.3, -0.25) is 14.0 Å². The Morgan fingerprint density at radius 2 is 2.10 bits per heavy atom. The topological polar surface area (TPSA) is 99.7 Å². The third-order valence-corrected chi connectivity index (χ3v) is 4.77. The Balaban J connectivity index is 2.26. The molecule has 1 N–H and O–H groups in total. The Morgan fingerprint density at radius 3 is 2.72 bits per heavy atom. The number of aromatic nitrogens is 2. The molecule has 0 spiro atoms. The summed E-state index contributed by atoms with van der Waals surface area (Å²) in [4.78, 5) is 32.3. The summed E-state index contributed by atoms with van der Waals surface area (Å²) in [6.07, 6.45) is 2.91. The monoisotopic (exact) mass is 395 g/mol. The summed E-state index contributed by atoms with van der Waals surface area (Å²) in [6, 6.07) is 5.56. The summed E-state index contributed by atoms with van der Waals surface area (Å²) < 4.78 is 7.26. The SMILES string of the molecule is CCNC(=O)/C(C#N)=C/c1c(N2C[C@@H](C)O[C@@H](C)C2)nc2c(C)cccn2c1=O. The molecule has 2 aromatic heterocycles. The van der Waals surface area contributed by atoms with Crippen molar-refractivity contribution in [1.29, 1.82) is 5.26 Å². The van der Waals surface area contributed by atoms with E-state index in [4.69, 9.17) is 9.72 Å². The molecule has 1 fully saturated rings. The van der Waals surface area contributed by atoms with Crippen molar-refractivity contribution < 1.29 is 9.53 Å². The second kappa shape index (κ2) is 8.45. The molecule has 0 aromatic carbocycles. The molecule has 0 aliphatic carbocycles. The lowest BCUT2D eigenvalue weighted by Crippen LogP contribution is -2.46. The first-order valence-corrected chi connectivity index (χ1v) is 9.68. The highest BCUT2D eigenvalue weighted by molar-refractivity contribution is 6.02. The van der Waals surface area contributed by atoms with E-state index in [0.717, 1.165) is 5.56 Å². The van der Waals surface area contributed by atoms with Gasteiger partial charge >= 0.3 is 0 Å². The van der Waals surface area contributed by atoms with Crippen LogP contribution < -0.4 is 15.8 Å². The number of ether oxygens (including phenoxy) is 1. The van der Waals surface area contributed by atoms with Gasteiger partial charge in [-0.05, 0) is 45.4 Å². The van der Waals surface area contributed by atoms with Gasteiger partial charge in [-0.2, -0.15) is 5.26 Å². The summed E-state index contributed by atoms with van der Waals surface area (Å²) in [7, 11) is 0. The molecule has 29 heavy (non-hydrogen) atoms. The Hall–Kier alpha value is -3.18. The Labute approximate surface area is 169 Å². The number of morpholine rings is 1. The molecule has 2 atom stereocenters. The smallest absolute Gasteiger partial charge is 0.267 e. The van der Waals surface area contributed by atoms with Crippen LogP contribution in [-0.4, -0.2) is 47.1 Å². The summed E-state index contributed by atoms with van der Waals surface area (Å²) in [5.74, 6) is -0.0539. The highest BCUT2D eigenvalue weighted by Gasteiger charge is 2.27. The molecular formula is C21H25N5O3. The van der Waals surface area contributed by atoms with E-state index in [-0.39, 0.29) is 28.9 Å². The highest BCUT2D eigenvalue weighted by atomic mass is 16.5. The average molecular weight is 395 g/mol. The lowest BCUT2D eigenvalue weighted by atomic mass is 10.1. The van der Waals surface area contributed by atoms with Gasteiger partial charge in [-0.15, -0.1) is 0 Å². The van der Waals surface area contributed by atoms with Crippen molar-refractivity contribution in [3.63, 3.8) is 0 Å². The van der Waals surface area contributed by atoms with Gasteiger partial charge in [0.1, 0.15) is 23.1 Å². The summed E-state index contributed by atoms with van der Waals surface area (Å²) >= 11 is 0. The van der Waals surface area contributed by atoms with E-state index in [0.29, 0.717) is 31.1 Å². The lowest BCUT2D eigenvalue weighted by molar-refractivity contribution is -0.116. The maximum Gasteiger partial charge on any atom is 0.267 e. The molecule has 2 aromatic rings. The van der Waals surface area contributed by atoms with Crippen molar-refractivity contribution in [3.8, 4) is 6.07 Å². The summed E-state index contributed by atoms with van der Waals surface area (Å²) in [6.45, 7) is 9.09. The van der Waals surface area contributed by atoms with E-state index < -0.39 is 5.91 Å². The minimum absolute atomic E-state index is 0.0356. The van der Waals surface area contributed by atoms with Crippen molar-refractivity contribution in [1.82, 2.24) is 14.7 Å². The molecule has 1 amide bonds. The number of carbonyl (C=O) groups is 1. The number of nitriles is 1. The molecule has 8 heteroatoms. The van der Waals surface area contributed by atoms with E-state index in [1.165, 1.54) is 10.5 Å².